The molecule has 1 heterocycles. The number of nitrogens with zero attached hydrogens (tertiary/aromatic N) is 1. The molecule has 1 saturated carbocycles. The summed E-state index contributed by atoms with van der Waals surface area (Å²) in [6.45, 7) is 0.816. The Morgan fingerprint density at radius 3 is 2.46 bits per heavy atom. The molecule has 2 amide bonds. The van der Waals surface area contributed by atoms with Crippen LogP contribution < -0.4 is 10.2 Å². The van der Waals surface area contributed by atoms with Crippen molar-refractivity contribution in [3.05, 3.63) is 29.8 Å². The van der Waals surface area contributed by atoms with E-state index in [1.54, 1.807) is 0 Å². The van der Waals surface area contributed by atoms with Gasteiger partial charge in [-0.25, -0.2) is 8.78 Å². The van der Waals surface area contributed by atoms with Crippen molar-refractivity contribution in [3.63, 3.8) is 0 Å². The Balaban J connectivity index is 1.58. The zero-order chi connectivity index (χ0) is 17.1. The number of carbonyl (C=O) groups is 2. The first-order valence-electron chi connectivity index (χ1n) is 8.57. The molecule has 6 heteroatoms. The second kappa shape index (κ2) is 7.28. The Labute approximate surface area is 140 Å². The van der Waals surface area contributed by atoms with Crippen LogP contribution in [0.2, 0.25) is 0 Å². The minimum atomic E-state index is -0.733. The Hall–Kier alpha value is -1.98. The first kappa shape index (κ1) is 16.9. The second-order valence-electron chi connectivity index (χ2n) is 6.78. The van der Waals surface area contributed by atoms with Gasteiger partial charge in [0.2, 0.25) is 11.8 Å². The lowest BCUT2D eigenvalue weighted by molar-refractivity contribution is -0.126. The Bertz CT molecular complexity index is 609. The molecule has 1 aromatic rings. The molecule has 1 atom stereocenters. The number of anilines is 1. The average Bonchev–Trinajstić information content (AvgIpc) is 2.95. The molecule has 1 N–H and O–H groups in total. The van der Waals surface area contributed by atoms with Crippen LogP contribution in [0.25, 0.3) is 0 Å². The molecule has 0 bridgehead atoms. The molecule has 0 radical (unpaired) electrons. The molecule has 130 valence electrons. The normalized spacial score (nSPS) is 22.0. The van der Waals surface area contributed by atoms with Crippen LogP contribution in [0.4, 0.5) is 14.5 Å². The van der Waals surface area contributed by atoms with Crippen molar-refractivity contribution in [3.8, 4) is 0 Å². The predicted molar refractivity (Wildman–Crippen MR) is 86.4 cm³/mol. The van der Waals surface area contributed by atoms with Crippen LogP contribution in [-0.4, -0.2) is 24.9 Å². The molecule has 0 spiro atoms. The summed E-state index contributed by atoms with van der Waals surface area (Å²) < 4.78 is 26.7. The molecule has 24 heavy (non-hydrogen) atoms. The summed E-state index contributed by atoms with van der Waals surface area (Å²) in [5.41, 5.74) is 0.167. The average molecular weight is 336 g/mol. The lowest BCUT2D eigenvalue weighted by Gasteiger charge is -2.22. The molecule has 2 aliphatic rings. The van der Waals surface area contributed by atoms with Crippen LogP contribution in [0.1, 0.15) is 38.5 Å². The first-order chi connectivity index (χ1) is 11.5. The van der Waals surface area contributed by atoms with Gasteiger partial charge in [0.25, 0.3) is 0 Å². The molecule has 1 aliphatic carbocycles. The molecular weight excluding hydrogens is 314 g/mol. The summed E-state index contributed by atoms with van der Waals surface area (Å²) in [5.74, 6) is -1.84. The van der Waals surface area contributed by atoms with Crippen molar-refractivity contribution in [2.24, 2.45) is 11.8 Å². The van der Waals surface area contributed by atoms with Crippen LogP contribution in [0.15, 0.2) is 18.2 Å². The zero-order valence-electron chi connectivity index (χ0n) is 13.6. The van der Waals surface area contributed by atoms with E-state index in [1.165, 1.54) is 24.2 Å². The lowest BCUT2D eigenvalue weighted by Crippen LogP contribution is -2.36. The van der Waals surface area contributed by atoms with Crippen molar-refractivity contribution < 1.29 is 18.4 Å². The van der Waals surface area contributed by atoms with Gasteiger partial charge in [-0.1, -0.05) is 19.3 Å². The number of amides is 2. The van der Waals surface area contributed by atoms with E-state index in [0.29, 0.717) is 12.5 Å². The van der Waals surface area contributed by atoms with Crippen LogP contribution in [0.5, 0.6) is 0 Å². The molecule has 0 aromatic heterocycles. The summed E-state index contributed by atoms with van der Waals surface area (Å²) >= 11 is 0. The van der Waals surface area contributed by atoms with Gasteiger partial charge in [0.05, 0.1) is 5.92 Å². The molecule has 1 aliphatic heterocycles. The van der Waals surface area contributed by atoms with E-state index < -0.39 is 17.6 Å². The smallest absolute Gasteiger partial charge is 0.227 e. The van der Waals surface area contributed by atoms with Crippen LogP contribution >= 0.6 is 0 Å². The topological polar surface area (TPSA) is 49.4 Å². The first-order valence-corrected chi connectivity index (χ1v) is 8.57. The van der Waals surface area contributed by atoms with Crippen molar-refractivity contribution >= 4 is 17.5 Å². The van der Waals surface area contributed by atoms with Crippen LogP contribution in [-0.2, 0) is 9.59 Å². The summed E-state index contributed by atoms with van der Waals surface area (Å²) in [7, 11) is 0. The third-order valence-corrected chi connectivity index (χ3v) is 4.94. The third kappa shape index (κ3) is 3.91. The van der Waals surface area contributed by atoms with Gasteiger partial charge in [-0.05, 0) is 30.9 Å². The maximum atomic E-state index is 13.3. The molecule has 4 nitrogen and oxygen atoms in total. The predicted octanol–water partition coefficient (Wildman–Crippen LogP) is 3.01. The highest BCUT2D eigenvalue weighted by atomic mass is 19.1. The van der Waals surface area contributed by atoms with E-state index in [4.69, 9.17) is 0 Å². The monoisotopic (exact) mass is 336 g/mol. The number of hydrogen-bond acceptors (Lipinski definition) is 2. The summed E-state index contributed by atoms with van der Waals surface area (Å²) in [4.78, 5) is 25.7. The van der Waals surface area contributed by atoms with Gasteiger partial charge < -0.3 is 10.2 Å². The number of nitrogens with one attached hydrogen (secondary N) is 1. The summed E-state index contributed by atoms with van der Waals surface area (Å²) in [6.07, 6.45) is 6.04. The SMILES string of the molecule is O=C(NCC1CCCCC1)C1CC(=O)N(c2cc(F)cc(F)c2)C1. The fraction of sp³-hybridized carbons (Fsp3) is 0.556. The number of carbonyl (C=O) groups excluding carboxylic acids is 2. The van der Waals surface area contributed by atoms with Crippen molar-refractivity contribution in [1.82, 2.24) is 5.32 Å². The van der Waals surface area contributed by atoms with E-state index in [-0.39, 0.29) is 30.5 Å². The maximum absolute atomic E-state index is 13.3. The highest BCUT2D eigenvalue weighted by Crippen LogP contribution is 2.27. The van der Waals surface area contributed by atoms with Gasteiger partial charge in [0.1, 0.15) is 11.6 Å². The number of rotatable bonds is 4. The van der Waals surface area contributed by atoms with Gasteiger partial charge in [-0.15, -0.1) is 0 Å². The van der Waals surface area contributed by atoms with E-state index in [0.717, 1.165) is 31.0 Å². The Morgan fingerprint density at radius 1 is 1.12 bits per heavy atom. The van der Waals surface area contributed by atoms with Crippen LogP contribution in [0.3, 0.4) is 0 Å². The van der Waals surface area contributed by atoms with Gasteiger partial charge in [0.15, 0.2) is 0 Å². The molecule has 2 fully saturated rings. The fourth-order valence-corrected chi connectivity index (χ4v) is 3.61. The quantitative estimate of drug-likeness (QED) is 0.919. The van der Waals surface area contributed by atoms with Crippen LogP contribution in [0, 0.1) is 23.5 Å². The van der Waals surface area contributed by atoms with Crippen molar-refractivity contribution in [1.29, 1.82) is 0 Å². The lowest BCUT2D eigenvalue weighted by atomic mass is 9.89. The minimum Gasteiger partial charge on any atom is -0.356 e. The molecule has 3 rings (SSSR count). The van der Waals surface area contributed by atoms with Gasteiger partial charge in [0, 0.05) is 31.3 Å². The Morgan fingerprint density at radius 2 is 1.79 bits per heavy atom. The standard InChI is InChI=1S/C18H22F2N2O2/c19-14-7-15(20)9-16(8-14)22-11-13(6-17(22)23)18(24)21-10-12-4-2-1-3-5-12/h7-9,12-13H,1-6,10-11H2,(H,21,24). The minimum absolute atomic E-state index is 0.0780. The fourth-order valence-electron chi connectivity index (χ4n) is 3.61. The van der Waals surface area contributed by atoms with E-state index in [2.05, 4.69) is 5.32 Å². The number of benzene rings is 1. The van der Waals surface area contributed by atoms with Crippen molar-refractivity contribution in [2.75, 3.05) is 18.0 Å². The number of hydrogen-bond donors (Lipinski definition) is 1. The van der Waals surface area contributed by atoms with E-state index >= 15 is 0 Å². The van der Waals surface area contributed by atoms with E-state index in [1.807, 2.05) is 0 Å². The highest BCUT2D eigenvalue weighted by molar-refractivity contribution is 6.00. The summed E-state index contributed by atoms with van der Waals surface area (Å²) in [5, 5.41) is 2.94. The second-order valence-corrected chi connectivity index (χ2v) is 6.78. The number of halogens is 2. The zero-order valence-corrected chi connectivity index (χ0v) is 13.6. The molecule has 1 aromatic carbocycles. The molecule has 1 unspecified atom stereocenters. The largest absolute Gasteiger partial charge is 0.356 e. The third-order valence-electron chi connectivity index (χ3n) is 4.94. The molecule has 1 saturated heterocycles. The van der Waals surface area contributed by atoms with Gasteiger partial charge in [-0.3, -0.25) is 9.59 Å². The Kier molecular flexibility index (Phi) is 5.11. The molecular formula is C18H22F2N2O2. The van der Waals surface area contributed by atoms with E-state index in [9.17, 15) is 18.4 Å². The van der Waals surface area contributed by atoms with Crippen molar-refractivity contribution in [2.45, 2.75) is 38.5 Å². The van der Waals surface area contributed by atoms with Gasteiger partial charge >= 0.3 is 0 Å². The van der Waals surface area contributed by atoms with Gasteiger partial charge in [-0.2, -0.15) is 0 Å². The summed E-state index contributed by atoms with van der Waals surface area (Å²) in [6, 6.07) is 2.99. The highest BCUT2D eigenvalue weighted by Gasteiger charge is 2.35. The maximum Gasteiger partial charge on any atom is 0.227 e.